The third kappa shape index (κ3) is 3.14. The Morgan fingerprint density at radius 1 is 1.03 bits per heavy atom. The predicted octanol–water partition coefficient (Wildman–Crippen LogP) is 4.56. The van der Waals surface area contributed by atoms with Crippen molar-refractivity contribution >= 4 is 28.4 Å². The fourth-order valence-corrected chi connectivity index (χ4v) is 3.51. The summed E-state index contributed by atoms with van der Waals surface area (Å²) in [6.07, 6.45) is 0.292. The van der Waals surface area contributed by atoms with Crippen molar-refractivity contribution in [2.24, 2.45) is 0 Å². The van der Waals surface area contributed by atoms with Gasteiger partial charge in [0.25, 0.3) is 0 Å². The minimum atomic E-state index is -1.12. The largest absolute Gasteiger partial charge is 0.478 e. The first-order valence-corrected chi connectivity index (χ1v) is 9.10. The molecule has 0 bridgehead atoms. The van der Waals surface area contributed by atoms with Crippen LogP contribution in [-0.2, 0) is 0 Å². The van der Waals surface area contributed by atoms with Gasteiger partial charge in [0.15, 0.2) is 5.78 Å². The van der Waals surface area contributed by atoms with Crippen LogP contribution in [0.15, 0.2) is 59.0 Å². The zero-order valence-electron chi connectivity index (χ0n) is 15.7. The second kappa shape index (κ2) is 6.91. The van der Waals surface area contributed by atoms with E-state index in [-0.39, 0.29) is 16.7 Å². The molecule has 0 unspecified atom stereocenters. The number of nitrogen functional groups attached to an aromatic ring is 1. The number of aromatic carboxylic acids is 1. The number of nitrogens with one attached hydrogen (secondary N) is 1. The number of rotatable bonds is 4. The Bertz CT molecular complexity index is 1320. The van der Waals surface area contributed by atoms with Crippen LogP contribution in [0.3, 0.4) is 0 Å². The number of hydrogen-bond donors (Lipinski definition) is 3. The number of fused-ring (bicyclic) bond motifs is 2. The molecule has 0 fully saturated rings. The van der Waals surface area contributed by atoms with Crippen LogP contribution in [0.1, 0.15) is 34.1 Å². The maximum atomic E-state index is 12.1. The number of anilines is 1. The van der Waals surface area contributed by atoms with Crippen molar-refractivity contribution in [2.45, 2.75) is 13.3 Å². The molecule has 29 heavy (non-hydrogen) atoms. The summed E-state index contributed by atoms with van der Waals surface area (Å²) in [5.41, 5.74) is 9.11. The van der Waals surface area contributed by atoms with Crippen molar-refractivity contribution in [3.05, 3.63) is 71.1 Å². The minimum Gasteiger partial charge on any atom is -0.478 e. The van der Waals surface area contributed by atoms with Crippen molar-refractivity contribution in [1.82, 2.24) is 0 Å². The standard InChI is InChI=1S/C23H18N2O4/c1-2-19(26)12-3-6-15(18(9-12)23(27)28)22-16-7-4-13(24)10-20(16)29-21-11-14(25)5-8-17(21)22/h3-11,24H,2,25H2,1H3,(H,27,28). The summed E-state index contributed by atoms with van der Waals surface area (Å²) in [5, 5.41) is 18.7. The van der Waals surface area contributed by atoms with Gasteiger partial charge in [0.1, 0.15) is 11.3 Å². The molecule has 6 heteroatoms. The highest BCUT2D eigenvalue weighted by molar-refractivity contribution is 6.09. The van der Waals surface area contributed by atoms with Gasteiger partial charge in [-0.2, -0.15) is 0 Å². The van der Waals surface area contributed by atoms with Gasteiger partial charge in [-0.3, -0.25) is 4.79 Å². The first-order chi connectivity index (χ1) is 13.9. The predicted molar refractivity (Wildman–Crippen MR) is 110 cm³/mol. The van der Waals surface area contributed by atoms with Crippen LogP contribution in [0.25, 0.3) is 33.4 Å². The Balaban J connectivity index is 2.14. The number of carboxylic acid groups (broad SMARTS) is 1. The van der Waals surface area contributed by atoms with E-state index >= 15 is 0 Å². The van der Waals surface area contributed by atoms with E-state index in [0.717, 1.165) is 0 Å². The molecule has 2 aliphatic rings. The molecule has 4 N–H and O–H groups in total. The second-order valence-corrected chi connectivity index (χ2v) is 6.79. The highest BCUT2D eigenvalue weighted by Gasteiger charge is 2.22. The Morgan fingerprint density at radius 3 is 2.52 bits per heavy atom. The molecule has 0 atom stereocenters. The molecule has 4 rings (SSSR count). The summed E-state index contributed by atoms with van der Waals surface area (Å²) in [6, 6.07) is 14.8. The first kappa shape index (κ1) is 18.4. The van der Waals surface area contributed by atoms with E-state index < -0.39 is 5.97 Å². The Labute approximate surface area is 166 Å². The fourth-order valence-electron chi connectivity index (χ4n) is 3.51. The average molecular weight is 386 g/mol. The van der Waals surface area contributed by atoms with Crippen molar-refractivity contribution in [2.75, 3.05) is 5.73 Å². The molecule has 6 nitrogen and oxygen atoms in total. The molecular weight excluding hydrogens is 368 g/mol. The van der Waals surface area contributed by atoms with Crippen molar-refractivity contribution in [1.29, 1.82) is 5.41 Å². The van der Waals surface area contributed by atoms with Gasteiger partial charge in [0.05, 0.1) is 10.9 Å². The number of Topliss-reactive ketones (excluding diaryl/α,β-unsaturated/α-hetero) is 1. The summed E-state index contributed by atoms with van der Waals surface area (Å²) in [7, 11) is 0. The molecular formula is C23H18N2O4. The Kier molecular flexibility index (Phi) is 4.39. The molecule has 0 saturated carbocycles. The Morgan fingerprint density at radius 2 is 1.79 bits per heavy atom. The van der Waals surface area contributed by atoms with E-state index in [4.69, 9.17) is 15.6 Å². The summed E-state index contributed by atoms with van der Waals surface area (Å²) in [6.45, 7) is 1.74. The molecule has 2 aromatic carbocycles. The summed E-state index contributed by atoms with van der Waals surface area (Å²) in [4.78, 5) is 24.1. The Hall–Kier alpha value is -3.93. The van der Waals surface area contributed by atoms with E-state index in [9.17, 15) is 14.7 Å². The van der Waals surface area contributed by atoms with Crippen LogP contribution in [0.5, 0.6) is 0 Å². The highest BCUT2D eigenvalue weighted by Crippen LogP contribution is 2.41. The van der Waals surface area contributed by atoms with E-state index in [2.05, 4.69) is 0 Å². The number of hydrogen-bond acceptors (Lipinski definition) is 5. The number of nitrogens with two attached hydrogens (primary N) is 1. The number of ketones is 1. The number of carbonyl (C=O) groups is 2. The van der Waals surface area contributed by atoms with Gasteiger partial charge in [-0.1, -0.05) is 19.1 Å². The van der Waals surface area contributed by atoms with Gasteiger partial charge in [-0.25, -0.2) is 4.79 Å². The molecule has 144 valence electrons. The first-order valence-electron chi connectivity index (χ1n) is 9.10. The summed E-state index contributed by atoms with van der Waals surface area (Å²) >= 11 is 0. The average Bonchev–Trinajstić information content (AvgIpc) is 2.70. The van der Waals surface area contributed by atoms with Gasteiger partial charge in [-0.05, 0) is 35.9 Å². The smallest absolute Gasteiger partial charge is 0.336 e. The van der Waals surface area contributed by atoms with Crippen molar-refractivity contribution in [3.63, 3.8) is 0 Å². The highest BCUT2D eigenvalue weighted by atomic mass is 16.4. The zero-order valence-corrected chi connectivity index (χ0v) is 15.7. The maximum absolute atomic E-state index is 12.1. The monoisotopic (exact) mass is 386 g/mol. The lowest BCUT2D eigenvalue weighted by molar-refractivity contribution is 0.0697. The molecule has 0 saturated heterocycles. The van der Waals surface area contributed by atoms with Gasteiger partial charge in [0, 0.05) is 46.3 Å². The van der Waals surface area contributed by atoms with Gasteiger partial charge < -0.3 is 20.7 Å². The van der Waals surface area contributed by atoms with Gasteiger partial charge in [0.2, 0.25) is 0 Å². The molecule has 1 heterocycles. The van der Waals surface area contributed by atoms with Crippen LogP contribution < -0.4 is 11.1 Å². The molecule has 0 aromatic heterocycles. The van der Waals surface area contributed by atoms with E-state index in [0.29, 0.717) is 51.1 Å². The van der Waals surface area contributed by atoms with Gasteiger partial charge in [-0.15, -0.1) is 0 Å². The number of carbonyl (C=O) groups excluding carboxylic acids is 1. The van der Waals surface area contributed by atoms with Crippen molar-refractivity contribution in [3.8, 4) is 22.5 Å². The third-order valence-corrected chi connectivity index (χ3v) is 4.91. The SMILES string of the molecule is CCC(=O)c1ccc(-c2c3ccc(=N)cc-3oc3cc(N)ccc23)c(C(=O)O)c1. The van der Waals surface area contributed by atoms with Crippen LogP contribution >= 0.6 is 0 Å². The van der Waals surface area contributed by atoms with Crippen molar-refractivity contribution < 1.29 is 19.1 Å². The number of benzene rings is 3. The molecule has 1 aliphatic carbocycles. The molecule has 0 radical (unpaired) electrons. The lowest BCUT2D eigenvalue weighted by Crippen LogP contribution is -2.06. The summed E-state index contributed by atoms with van der Waals surface area (Å²) in [5.74, 6) is -0.792. The van der Waals surface area contributed by atoms with Crippen LogP contribution in [0.4, 0.5) is 5.69 Å². The lowest BCUT2D eigenvalue weighted by atomic mass is 9.89. The van der Waals surface area contributed by atoms with Crippen LogP contribution in [0.2, 0.25) is 0 Å². The second-order valence-electron chi connectivity index (χ2n) is 6.79. The minimum absolute atomic E-state index is 0.0323. The topological polar surface area (TPSA) is 117 Å². The quantitative estimate of drug-likeness (QED) is 0.270. The third-order valence-electron chi connectivity index (χ3n) is 4.91. The van der Waals surface area contributed by atoms with E-state index in [1.165, 1.54) is 6.07 Å². The van der Waals surface area contributed by atoms with E-state index in [1.807, 2.05) is 0 Å². The fraction of sp³-hybridized carbons (Fsp3) is 0.0870. The van der Waals surface area contributed by atoms with Crippen LogP contribution in [-0.4, -0.2) is 16.9 Å². The van der Waals surface area contributed by atoms with E-state index in [1.54, 1.807) is 55.5 Å². The number of carboxylic acids is 1. The molecule has 0 amide bonds. The maximum Gasteiger partial charge on any atom is 0.336 e. The molecule has 1 aliphatic heterocycles. The summed E-state index contributed by atoms with van der Waals surface area (Å²) < 4.78 is 5.95. The zero-order chi connectivity index (χ0) is 20.7. The molecule has 0 spiro atoms. The lowest BCUT2D eigenvalue weighted by Gasteiger charge is -2.17. The van der Waals surface area contributed by atoms with Crippen LogP contribution in [0, 0.1) is 5.41 Å². The normalized spacial score (nSPS) is 11.1. The molecule has 2 aromatic rings. The van der Waals surface area contributed by atoms with Gasteiger partial charge >= 0.3 is 5.97 Å².